The summed E-state index contributed by atoms with van der Waals surface area (Å²) in [5.74, 6) is 1.01. The Hall–Kier alpha value is -2.29. The molecule has 172 valence electrons. The molecule has 0 aliphatic heterocycles. The third-order valence-electron chi connectivity index (χ3n) is 5.49. The Bertz CT molecular complexity index is 989. The van der Waals surface area contributed by atoms with Crippen LogP contribution >= 0.6 is 11.8 Å². The number of nitrogens with zero attached hydrogens (tertiary/aromatic N) is 1. The molecule has 0 heterocycles. The summed E-state index contributed by atoms with van der Waals surface area (Å²) >= 11 is 1.75. The number of unbranched alkanes of at least 4 members (excludes halogenated alkanes) is 1. The smallest absolute Gasteiger partial charge is 0.253 e. The predicted molar refractivity (Wildman–Crippen MR) is 133 cm³/mol. The van der Waals surface area contributed by atoms with E-state index in [-0.39, 0.29) is 6.04 Å². The maximum absolute atomic E-state index is 12.2. The second kappa shape index (κ2) is 11.9. The van der Waals surface area contributed by atoms with Crippen LogP contribution in [0.3, 0.4) is 0 Å². The van der Waals surface area contributed by atoms with Crippen molar-refractivity contribution in [3.8, 4) is 0 Å². The van der Waals surface area contributed by atoms with E-state index in [0.29, 0.717) is 48.9 Å². The molecule has 0 aliphatic rings. The van der Waals surface area contributed by atoms with Crippen LogP contribution in [0.15, 0.2) is 19.2 Å². The van der Waals surface area contributed by atoms with Crippen LogP contribution in [-0.4, -0.2) is 44.2 Å². The highest BCUT2D eigenvalue weighted by Crippen LogP contribution is 2.24. The molecule has 2 aromatic carbocycles. The van der Waals surface area contributed by atoms with Crippen molar-refractivity contribution in [3.05, 3.63) is 40.9 Å². The maximum Gasteiger partial charge on any atom is 0.253 e. The fourth-order valence-corrected chi connectivity index (χ4v) is 4.21. The first kappa shape index (κ1) is 25.0. The lowest BCUT2D eigenvalue weighted by atomic mass is 10.1. The van der Waals surface area contributed by atoms with Crippen LogP contribution in [0, 0.1) is 0 Å². The van der Waals surface area contributed by atoms with Gasteiger partial charge in [-0.15, -0.1) is 0 Å². The van der Waals surface area contributed by atoms with Crippen molar-refractivity contribution >= 4 is 34.5 Å². The molecule has 0 aromatic heterocycles. The summed E-state index contributed by atoms with van der Waals surface area (Å²) < 4.78 is 0. The predicted octanol–water partition coefficient (Wildman–Crippen LogP) is 1.97. The third kappa shape index (κ3) is 5.70. The fourth-order valence-electron chi connectivity index (χ4n) is 3.78. The van der Waals surface area contributed by atoms with Gasteiger partial charge in [-0.25, -0.2) is 0 Å². The number of rotatable bonds is 16. The molecule has 0 amide bonds. The summed E-state index contributed by atoms with van der Waals surface area (Å²) in [7, 11) is 0. The van der Waals surface area contributed by atoms with Gasteiger partial charge in [0.15, 0.2) is 0 Å². The van der Waals surface area contributed by atoms with Crippen LogP contribution in [0.4, 0.5) is 22.7 Å². The van der Waals surface area contributed by atoms with Crippen LogP contribution in [0.2, 0.25) is 0 Å². The zero-order valence-corrected chi connectivity index (χ0v) is 19.7. The molecule has 9 heteroatoms. The first-order valence-corrected chi connectivity index (χ1v) is 12.4. The van der Waals surface area contributed by atoms with E-state index in [0.717, 1.165) is 31.4 Å². The van der Waals surface area contributed by atoms with E-state index in [1.165, 1.54) is 0 Å². The van der Waals surface area contributed by atoms with Crippen LogP contribution < -0.4 is 42.6 Å². The Labute approximate surface area is 187 Å². The second-order valence-electron chi connectivity index (χ2n) is 7.65. The molecule has 0 spiro atoms. The van der Waals surface area contributed by atoms with E-state index >= 15 is 0 Å². The van der Waals surface area contributed by atoms with E-state index in [1.807, 2.05) is 25.0 Å². The maximum atomic E-state index is 12.2. The van der Waals surface area contributed by atoms with Gasteiger partial charge in [-0.05, 0) is 58.5 Å². The molecule has 31 heavy (non-hydrogen) atoms. The number of nitrogens with one attached hydrogen (secondary N) is 3. The lowest BCUT2D eigenvalue weighted by molar-refractivity contribution is 0.561. The van der Waals surface area contributed by atoms with E-state index in [1.54, 1.807) is 11.8 Å². The van der Waals surface area contributed by atoms with Crippen LogP contribution in [0.1, 0.15) is 46.5 Å². The Kier molecular flexibility index (Phi) is 9.61. The van der Waals surface area contributed by atoms with Crippen LogP contribution in [-0.2, 0) is 0 Å². The van der Waals surface area contributed by atoms with Gasteiger partial charge < -0.3 is 20.9 Å². The van der Waals surface area contributed by atoms with Gasteiger partial charge in [0.05, 0.1) is 0 Å². The van der Waals surface area contributed by atoms with Crippen LogP contribution in [0.5, 0.6) is 0 Å². The van der Waals surface area contributed by atoms with Crippen molar-refractivity contribution in [2.45, 2.75) is 52.5 Å². The van der Waals surface area contributed by atoms with E-state index < -0.39 is 21.7 Å². The van der Waals surface area contributed by atoms with Crippen LogP contribution in [0.25, 0.3) is 0 Å². The van der Waals surface area contributed by atoms with Crippen molar-refractivity contribution < 1.29 is 0 Å². The summed E-state index contributed by atoms with van der Waals surface area (Å²) in [6.07, 6.45) is 5.56. The molecule has 0 saturated carbocycles. The van der Waals surface area contributed by atoms with E-state index in [4.69, 9.17) is 0 Å². The van der Waals surface area contributed by atoms with E-state index in [9.17, 15) is 19.2 Å². The summed E-state index contributed by atoms with van der Waals surface area (Å²) in [5.41, 5.74) is 0.00400. The number of hydrogen-bond donors (Lipinski definition) is 3. The van der Waals surface area contributed by atoms with Gasteiger partial charge in [-0.1, -0.05) is 0 Å². The summed E-state index contributed by atoms with van der Waals surface area (Å²) in [5, 5.41) is 9.14. The molecule has 8 nitrogen and oxygen atoms in total. The summed E-state index contributed by atoms with van der Waals surface area (Å²) in [6, 6.07) is 0.114. The molecule has 1 unspecified atom stereocenters. The second-order valence-corrected chi connectivity index (χ2v) is 8.64. The molecule has 3 N–H and O–H groups in total. The molecule has 2 aromatic rings. The van der Waals surface area contributed by atoms with Crippen molar-refractivity contribution in [2.75, 3.05) is 59.0 Å². The molecule has 0 bridgehead atoms. The minimum atomic E-state index is -0.459. The molecular formula is C22H34N4O4S. The zero-order chi connectivity index (χ0) is 23.0. The van der Waals surface area contributed by atoms with Gasteiger partial charge >= 0.3 is 0 Å². The Balaban J connectivity index is 1.84. The topological polar surface area (TPSA) is 108 Å². The molecule has 0 radical (unpaired) electrons. The first-order chi connectivity index (χ1) is 14.9. The highest BCUT2D eigenvalue weighted by molar-refractivity contribution is 7.98. The largest absolute Gasteiger partial charge is 0.380 e. The minimum Gasteiger partial charge on any atom is -0.380 e. The Morgan fingerprint density at radius 2 is 1.39 bits per heavy atom. The monoisotopic (exact) mass is 450 g/mol. The van der Waals surface area contributed by atoms with Gasteiger partial charge in [-0.3, -0.25) is 19.2 Å². The molecular weight excluding hydrogens is 416 g/mol. The van der Waals surface area contributed by atoms with Gasteiger partial charge in [0.25, 0.3) is 21.7 Å². The SMILES string of the molecule is CCNc1c(NCCCCC(C)N(CC)c2c(NCCCSC)c(=O)c2=O)c(=O)c1=O. The van der Waals surface area contributed by atoms with Gasteiger partial charge in [0.2, 0.25) is 0 Å². The number of hydrogen-bond acceptors (Lipinski definition) is 9. The number of anilines is 4. The Morgan fingerprint density at radius 1 is 0.806 bits per heavy atom. The van der Waals surface area contributed by atoms with Crippen molar-refractivity contribution in [1.29, 1.82) is 0 Å². The molecule has 1 atom stereocenters. The minimum absolute atomic E-state index is 0.114. The van der Waals surface area contributed by atoms with Gasteiger partial charge in [0, 0.05) is 32.2 Å². The molecule has 2 rings (SSSR count). The molecule has 0 saturated heterocycles. The fraction of sp³-hybridized carbons (Fsp3) is 0.636. The number of thioether (sulfide) groups is 1. The van der Waals surface area contributed by atoms with E-state index in [2.05, 4.69) is 22.9 Å². The van der Waals surface area contributed by atoms with Gasteiger partial charge in [0.1, 0.15) is 22.7 Å². The normalized spacial score (nSPS) is 12.3. The Morgan fingerprint density at radius 3 is 2.00 bits per heavy atom. The lowest BCUT2D eigenvalue weighted by Crippen LogP contribution is -2.46. The van der Waals surface area contributed by atoms with Crippen molar-refractivity contribution in [2.24, 2.45) is 0 Å². The molecule has 0 fully saturated rings. The molecule has 0 aliphatic carbocycles. The zero-order valence-electron chi connectivity index (χ0n) is 18.9. The van der Waals surface area contributed by atoms with Gasteiger partial charge in [-0.2, -0.15) is 11.8 Å². The summed E-state index contributed by atoms with van der Waals surface area (Å²) in [6.45, 7) is 8.45. The summed E-state index contributed by atoms with van der Waals surface area (Å²) in [4.78, 5) is 49.5. The quantitative estimate of drug-likeness (QED) is 0.261. The average Bonchev–Trinajstić information content (AvgIpc) is 2.78. The standard InChI is InChI=1S/C22H34N4O4S/c1-5-23-15-16(20(28)19(15)27)24-11-8-7-10-14(3)26(6-2)18-17(21(29)22(18)30)25-12-9-13-31-4/h14,23-25H,5-13H2,1-4H3. The average molecular weight is 451 g/mol. The first-order valence-electron chi connectivity index (χ1n) is 11.0. The lowest BCUT2D eigenvalue weighted by Gasteiger charge is -2.32. The highest BCUT2D eigenvalue weighted by atomic mass is 32.2. The third-order valence-corrected chi connectivity index (χ3v) is 6.18. The highest BCUT2D eigenvalue weighted by Gasteiger charge is 2.27. The van der Waals surface area contributed by atoms with Crippen molar-refractivity contribution in [3.63, 3.8) is 0 Å². The van der Waals surface area contributed by atoms with Crippen molar-refractivity contribution in [1.82, 2.24) is 0 Å².